The Labute approximate surface area is 80.6 Å². The normalized spacial score (nSPS) is 10.6. The number of nitrogen functional groups attached to an aromatic ring is 1. The number of fused-ring (bicyclic) bond motifs is 1. The molecule has 2 aromatic rings. The summed E-state index contributed by atoms with van der Waals surface area (Å²) in [5.41, 5.74) is 8.03. The van der Waals surface area contributed by atoms with E-state index in [4.69, 9.17) is 17.3 Å². The lowest BCUT2D eigenvalue weighted by Gasteiger charge is -2.01. The number of hydrogen-bond donors (Lipinski definition) is 1. The number of hydrogen-bond acceptors (Lipinski definition) is 3. The van der Waals surface area contributed by atoms with Gasteiger partial charge in [0.15, 0.2) is 0 Å². The van der Waals surface area contributed by atoms with Gasteiger partial charge in [-0.25, -0.2) is 9.97 Å². The number of anilines is 1. The smallest absolute Gasteiger partial charge is 0.223 e. The second-order valence-corrected chi connectivity index (χ2v) is 3.19. The van der Waals surface area contributed by atoms with Gasteiger partial charge in [-0.15, -0.1) is 0 Å². The molecule has 1 heterocycles. The average Bonchev–Trinajstić information content (AvgIpc) is 2.06. The van der Waals surface area contributed by atoms with Crippen LogP contribution in [-0.4, -0.2) is 9.97 Å². The van der Waals surface area contributed by atoms with Crippen LogP contribution < -0.4 is 5.73 Å². The molecule has 0 amide bonds. The molecular formula is C9H8ClN3. The Balaban J connectivity index is 2.87. The molecule has 3 nitrogen and oxygen atoms in total. The summed E-state index contributed by atoms with van der Waals surface area (Å²) in [7, 11) is 0. The maximum Gasteiger partial charge on any atom is 0.223 e. The molecule has 1 aromatic heterocycles. The second-order valence-electron chi connectivity index (χ2n) is 2.85. The highest BCUT2D eigenvalue weighted by molar-refractivity contribution is 6.28. The van der Waals surface area contributed by atoms with Gasteiger partial charge < -0.3 is 5.73 Å². The van der Waals surface area contributed by atoms with Crippen LogP contribution in [0.15, 0.2) is 18.2 Å². The van der Waals surface area contributed by atoms with Gasteiger partial charge in [0, 0.05) is 11.1 Å². The van der Waals surface area contributed by atoms with E-state index < -0.39 is 0 Å². The molecule has 0 aliphatic heterocycles. The molecule has 0 bridgehead atoms. The largest absolute Gasteiger partial charge is 0.399 e. The Hall–Kier alpha value is -1.35. The first-order valence-corrected chi connectivity index (χ1v) is 4.24. The fraction of sp³-hybridized carbons (Fsp3) is 0.111. The molecule has 13 heavy (non-hydrogen) atoms. The SMILES string of the molecule is Cc1nc(Cl)nc2ccc(N)cc12. The summed E-state index contributed by atoms with van der Waals surface area (Å²) in [6.45, 7) is 1.88. The van der Waals surface area contributed by atoms with Crippen LogP contribution in [0.25, 0.3) is 10.9 Å². The standard InChI is InChI=1S/C9H8ClN3/c1-5-7-4-6(11)2-3-8(7)13-9(10)12-5/h2-4H,11H2,1H3. The number of nitrogens with two attached hydrogens (primary N) is 1. The average molecular weight is 194 g/mol. The van der Waals surface area contributed by atoms with Crippen molar-refractivity contribution < 1.29 is 0 Å². The summed E-state index contributed by atoms with van der Waals surface area (Å²) >= 11 is 5.71. The Morgan fingerprint density at radius 3 is 2.85 bits per heavy atom. The lowest BCUT2D eigenvalue weighted by molar-refractivity contribution is 1.15. The second kappa shape index (κ2) is 2.85. The van der Waals surface area contributed by atoms with Crippen molar-refractivity contribution in [3.63, 3.8) is 0 Å². The molecule has 2 rings (SSSR count). The van der Waals surface area contributed by atoms with Crippen LogP contribution in [0.5, 0.6) is 0 Å². The summed E-state index contributed by atoms with van der Waals surface area (Å²) in [6, 6.07) is 5.48. The van der Waals surface area contributed by atoms with E-state index in [1.54, 1.807) is 6.07 Å². The summed E-state index contributed by atoms with van der Waals surface area (Å²) in [6.07, 6.45) is 0. The van der Waals surface area contributed by atoms with Gasteiger partial charge in [-0.05, 0) is 36.7 Å². The van der Waals surface area contributed by atoms with Gasteiger partial charge in [-0.3, -0.25) is 0 Å². The Kier molecular flexibility index (Phi) is 1.81. The summed E-state index contributed by atoms with van der Waals surface area (Å²) in [4.78, 5) is 8.12. The number of aromatic nitrogens is 2. The van der Waals surface area contributed by atoms with E-state index in [0.717, 1.165) is 16.6 Å². The first-order chi connectivity index (χ1) is 6.16. The van der Waals surface area contributed by atoms with Gasteiger partial charge in [0.05, 0.1) is 11.2 Å². The van der Waals surface area contributed by atoms with Gasteiger partial charge in [-0.2, -0.15) is 0 Å². The van der Waals surface area contributed by atoms with E-state index in [1.165, 1.54) is 0 Å². The number of rotatable bonds is 0. The van der Waals surface area contributed by atoms with Crippen LogP contribution in [0.2, 0.25) is 5.28 Å². The predicted molar refractivity (Wildman–Crippen MR) is 53.7 cm³/mol. The zero-order valence-electron chi connectivity index (χ0n) is 7.08. The highest BCUT2D eigenvalue weighted by atomic mass is 35.5. The molecule has 0 fully saturated rings. The quantitative estimate of drug-likeness (QED) is 0.515. The molecule has 0 aliphatic rings. The van der Waals surface area contributed by atoms with Crippen molar-refractivity contribution in [1.29, 1.82) is 0 Å². The molecule has 0 saturated heterocycles. The fourth-order valence-electron chi connectivity index (χ4n) is 1.26. The molecule has 0 unspecified atom stereocenters. The maximum absolute atomic E-state index is 5.71. The van der Waals surface area contributed by atoms with Crippen molar-refractivity contribution in [2.45, 2.75) is 6.92 Å². The van der Waals surface area contributed by atoms with E-state index in [1.807, 2.05) is 19.1 Å². The minimum absolute atomic E-state index is 0.273. The molecule has 0 aliphatic carbocycles. The highest BCUT2D eigenvalue weighted by Crippen LogP contribution is 2.19. The number of benzene rings is 1. The van der Waals surface area contributed by atoms with E-state index in [9.17, 15) is 0 Å². The molecule has 0 spiro atoms. The predicted octanol–water partition coefficient (Wildman–Crippen LogP) is 2.17. The lowest BCUT2D eigenvalue weighted by atomic mass is 10.2. The van der Waals surface area contributed by atoms with Crippen LogP contribution >= 0.6 is 11.6 Å². The molecule has 4 heteroatoms. The molecule has 0 radical (unpaired) electrons. The van der Waals surface area contributed by atoms with E-state index >= 15 is 0 Å². The monoisotopic (exact) mass is 193 g/mol. The molecule has 66 valence electrons. The van der Waals surface area contributed by atoms with Crippen LogP contribution in [-0.2, 0) is 0 Å². The van der Waals surface area contributed by atoms with Crippen molar-refractivity contribution in [2.24, 2.45) is 0 Å². The summed E-state index contributed by atoms with van der Waals surface area (Å²) in [5.74, 6) is 0. The number of halogens is 1. The first kappa shape index (κ1) is 8.26. The van der Waals surface area contributed by atoms with Crippen molar-refractivity contribution in [3.8, 4) is 0 Å². The molecule has 1 aromatic carbocycles. The minimum Gasteiger partial charge on any atom is -0.399 e. The third-order valence-corrected chi connectivity index (χ3v) is 2.05. The van der Waals surface area contributed by atoms with Crippen molar-refractivity contribution in [3.05, 3.63) is 29.2 Å². The van der Waals surface area contributed by atoms with Crippen LogP contribution in [0.4, 0.5) is 5.69 Å². The molecular weight excluding hydrogens is 186 g/mol. The summed E-state index contributed by atoms with van der Waals surface area (Å²) < 4.78 is 0. The van der Waals surface area contributed by atoms with Gasteiger partial charge in [0.1, 0.15) is 0 Å². The van der Waals surface area contributed by atoms with Crippen molar-refractivity contribution >= 4 is 28.2 Å². The first-order valence-electron chi connectivity index (χ1n) is 3.86. The Bertz CT molecular complexity index is 468. The zero-order chi connectivity index (χ0) is 9.42. The number of aryl methyl sites for hydroxylation is 1. The van der Waals surface area contributed by atoms with Gasteiger partial charge in [0.25, 0.3) is 0 Å². The number of nitrogens with zero attached hydrogens (tertiary/aromatic N) is 2. The van der Waals surface area contributed by atoms with E-state index in [0.29, 0.717) is 5.69 Å². The Morgan fingerprint density at radius 1 is 1.31 bits per heavy atom. The van der Waals surface area contributed by atoms with Gasteiger partial charge in [-0.1, -0.05) is 0 Å². The minimum atomic E-state index is 0.273. The molecule has 0 saturated carbocycles. The van der Waals surface area contributed by atoms with Gasteiger partial charge >= 0.3 is 0 Å². The third kappa shape index (κ3) is 1.42. The van der Waals surface area contributed by atoms with E-state index in [2.05, 4.69) is 9.97 Å². The third-order valence-electron chi connectivity index (χ3n) is 1.88. The molecule has 2 N–H and O–H groups in total. The Morgan fingerprint density at radius 2 is 2.08 bits per heavy atom. The van der Waals surface area contributed by atoms with Crippen LogP contribution in [0.3, 0.4) is 0 Å². The van der Waals surface area contributed by atoms with Crippen LogP contribution in [0, 0.1) is 6.92 Å². The fourth-order valence-corrected chi connectivity index (χ4v) is 1.48. The topological polar surface area (TPSA) is 51.8 Å². The van der Waals surface area contributed by atoms with Crippen molar-refractivity contribution in [1.82, 2.24) is 9.97 Å². The highest BCUT2D eigenvalue weighted by Gasteiger charge is 2.02. The van der Waals surface area contributed by atoms with Gasteiger partial charge in [0.2, 0.25) is 5.28 Å². The maximum atomic E-state index is 5.71. The summed E-state index contributed by atoms with van der Waals surface area (Å²) in [5, 5.41) is 1.22. The zero-order valence-corrected chi connectivity index (χ0v) is 7.84. The lowest BCUT2D eigenvalue weighted by Crippen LogP contribution is -1.91. The van der Waals surface area contributed by atoms with E-state index in [-0.39, 0.29) is 5.28 Å². The van der Waals surface area contributed by atoms with Crippen molar-refractivity contribution in [2.75, 3.05) is 5.73 Å². The molecule has 0 atom stereocenters. The van der Waals surface area contributed by atoms with Crippen LogP contribution in [0.1, 0.15) is 5.69 Å².